The van der Waals surface area contributed by atoms with Gasteiger partial charge in [0.2, 0.25) is 0 Å². The number of aromatic nitrogens is 1. The Morgan fingerprint density at radius 1 is 1.35 bits per heavy atom. The molecule has 0 aliphatic carbocycles. The first-order valence-corrected chi connectivity index (χ1v) is 10.7. The molecule has 0 amide bonds. The molecule has 2 heterocycles. The third-order valence-electron chi connectivity index (χ3n) is 4.60. The van der Waals surface area contributed by atoms with E-state index in [-0.39, 0.29) is 24.0 Å². The van der Waals surface area contributed by atoms with Crippen LogP contribution in [0.3, 0.4) is 0 Å². The fourth-order valence-electron chi connectivity index (χ4n) is 3.23. The van der Waals surface area contributed by atoms with Gasteiger partial charge in [0.05, 0.1) is 6.54 Å². The minimum atomic E-state index is 0. The number of nitrogens with one attached hydrogen (secondary N) is 2. The van der Waals surface area contributed by atoms with Gasteiger partial charge in [-0.2, -0.15) is 0 Å². The van der Waals surface area contributed by atoms with Gasteiger partial charge in [0.1, 0.15) is 5.01 Å². The molecule has 1 aromatic heterocycles. The van der Waals surface area contributed by atoms with E-state index in [1.807, 2.05) is 6.20 Å². The minimum absolute atomic E-state index is 0. The van der Waals surface area contributed by atoms with E-state index >= 15 is 0 Å². The second kappa shape index (κ2) is 13.7. The monoisotopic (exact) mass is 493 g/mol. The molecule has 1 fully saturated rings. The molecule has 7 heteroatoms. The molecule has 5 nitrogen and oxygen atoms in total. The molecule has 0 bridgehead atoms. The summed E-state index contributed by atoms with van der Waals surface area (Å²) in [6.07, 6.45) is 8.23. The summed E-state index contributed by atoms with van der Waals surface area (Å²) in [6.45, 7) is 13.0. The molecule has 150 valence electrons. The summed E-state index contributed by atoms with van der Waals surface area (Å²) in [5, 5.41) is 7.87. The average molecular weight is 494 g/mol. The van der Waals surface area contributed by atoms with E-state index in [1.54, 1.807) is 11.3 Å². The molecule has 1 aliphatic rings. The number of likely N-dealkylation sites (tertiary alicyclic amines) is 1. The second-order valence-corrected chi connectivity index (χ2v) is 8.15. The van der Waals surface area contributed by atoms with Crippen molar-refractivity contribution in [1.82, 2.24) is 20.5 Å². The van der Waals surface area contributed by atoms with E-state index in [0.29, 0.717) is 6.54 Å². The zero-order valence-electron chi connectivity index (χ0n) is 16.6. The number of piperidine rings is 1. The Balaban J connectivity index is 0.00000338. The van der Waals surface area contributed by atoms with E-state index in [2.05, 4.69) is 46.3 Å². The normalized spacial score (nSPS) is 18.4. The van der Waals surface area contributed by atoms with Gasteiger partial charge in [-0.1, -0.05) is 13.8 Å². The lowest BCUT2D eigenvalue weighted by atomic mass is 10.0. The van der Waals surface area contributed by atoms with Gasteiger partial charge in [-0.15, -0.1) is 35.3 Å². The standard InChI is InChI=1S/C19H35N5S.HI/c1-4-17-13-22-18(25-17)14-23-19(20-5-2)21-10-6-7-11-24-12-8-9-16(3)15-24;/h13,16H,4-12,14-15H2,1-3H3,(H2,20,21,23);1H. The van der Waals surface area contributed by atoms with E-state index in [4.69, 9.17) is 0 Å². The van der Waals surface area contributed by atoms with E-state index in [9.17, 15) is 0 Å². The Bertz CT molecular complexity index is 520. The lowest BCUT2D eigenvalue weighted by Crippen LogP contribution is -2.38. The minimum Gasteiger partial charge on any atom is -0.357 e. The third kappa shape index (κ3) is 8.99. The van der Waals surface area contributed by atoms with Gasteiger partial charge in [-0.3, -0.25) is 0 Å². The first-order valence-electron chi connectivity index (χ1n) is 9.89. The van der Waals surface area contributed by atoms with Gasteiger partial charge in [0.25, 0.3) is 0 Å². The number of thiazole rings is 1. The van der Waals surface area contributed by atoms with Crippen LogP contribution in [0.5, 0.6) is 0 Å². The van der Waals surface area contributed by atoms with Gasteiger partial charge in [-0.05, 0) is 58.0 Å². The average Bonchev–Trinajstić information content (AvgIpc) is 3.07. The van der Waals surface area contributed by atoms with Crippen LogP contribution < -0.4 is 10.6 Å². The highest BCUT2D eigenvalue weighted by Crippen LogP contribution is 2.15. The Labute approximate surface area is 180 Å². The second-order valence-electron chi connectivity index (χ2n) is 6.95. The lowest BCUT2D eigenvalue weighted by Gasteiger charge is -2.30. The van der Waals surface area contributed by atoms with E-state index in [1.165, 1.54) is 50.2 Å². The number of unbranched alkanes of at least 4 members (excludes halogenated alkanes) is 1. The number of rotatable bonds is 9. The van der Waals surface area contributed by atoms with Gasteiger partial charge in [0, 0.05) is 30.7 Å². The lowest BCUT2D eigenvalue weighted by molar-refractivity contribution is 0.181. The fourth-order valence-corrected chi connectivity index (χ4v) is 4.02. The van der Waals surface area contributed by atoms with Crippen LogP contribution in [0.1, 0.15) is 56.3 Å². The number of hydrogen-bond acceptors (Lipinski definition) is 4. The van der Waals surface area contributed by atoms with Gasteiger partial charge in [0.15, 0.2) is 5.96 Å². The molecule has 0 spiro atoms. The van der Waals surface area contributed by atoms with Crippen molar-refractivity contribution < 1.29 is 0 Å². The van der Waals surface area contributed by atoms with Crippen LogP contribution in [0.2, 0.25) is 0 Å². The third-order valence-corrected chi connectivity index (χ3v) is 5.73. The number of guanidine groups is 1. The topological polar surface area (TPSA) is 52.6 Å². The molecule has 1 saturated heterocycles. The predicted molar refractivity (Wildman–Crippen MR) is 124 cm³/mol. The van der Waals surface area contributed by atoms with Crippen molar-refractivity contribution in [3.05, 3.63) is 16.1 Å². The Hall–Kier alpha value is -0.410. The summed E-state index contributed by atoms with van der Waals surface area (Å²) >= 11 is 1.76. The maximum Gasteiger partial charge on any atom is 0.191 e. The Kier molecular flexibility index (Phi) is 12.5. The summed E-state index contributed by atoms with van der Waals surface area (Å²) in [7, 11) is 0. The maximum absolute atomic E-state index is 4.66. The highest BCUT2D eigenvalue weighted by atomic mass is 127. The summed E-state index contributed by atoms with van der Waals surface area (Å²) in [6, 6.07) is 0. The van der Waals surface area contributed by atoms with Gasteiger partial charge >= 0.3 is 0 Å². The first-order chi connectivity index (χ1) is 12.2. The summed E-state index contributed by atoms with van der Waals surface area (Å²) < 4.78 is 0. The molecule has 2 rings (SSSR count). The zero-order chi connectivity index (χ0) is 17.9. The molecule has 1 aromatic rings. The van der Waals surface area contributed by atoms with Crippen LogP contribution in [-0.2, 0) is 13.0 Å². The molecular formula is C19H36IN5S. The SMILES string of the molecule is CCNC(=NCc1ncc(CC)s1)NCCCCN1CCCC(C)C1.I. The number of halogens is 1. The maximum atomic E-state index is 4.66. The first kappa shape index (κ1) is 23.6. The van der Waals surface area contributed by atoms with Crippen molar-refractivity contribution in [2.24, 2.45) is 10.9 Å². The largest absolute Gasteiger partial charge is 0.357 e. The van der Waals surface area contributed by atoms with E-state index in [0.717, 1.165) is 36.4 Å². The van der Waals surface area contributed by atoms with Crippen LogP contribution in [0.25, 0.3) is 0 Å². The van der Waals surface area contributed by atoms with Gasteiger partial charge < -0.3 is 15.5 Å². The smallest absolute Gasteiger partial charge is 0.191 e. The van der Waals surface area contributed by atoms with Crippen LogP contribution in [0.4, 0.5) is 0 Å². The highest BCUT2D eigenvalue weighted by molar-refractivity contribution is 14.0. The van der Waals surface area contributed by atoms with E-state index < -0.39 is 0 Å². The summed E-state index contributed by atoms with van der Waals surface area (Å²) in [5.74, 6) is 1.78. The van der Waals surface area contributed by atoms with Gasteiger partial charge in [-0.25, -0.2) is 9.98 Å². The molecule has 0 saturated carbocycles. The Morgan fingerprint density at radius 3 is 2.88 bits per heavy atom. The van der Waals surface area contributed by atoms with Crippen molar-refractivity contribution in [1.29, 1.82) is 0 Å². The zero-order valence-corrected chi connectivity index (χ0v) is 19.7. The quantitative estimate of drug-likeness (QED) is 0.237. The molecule has 1 atom stereocenters. The highest BCUT2D eigenvalue weighted by Gasteiger charge is 2.15. The number of nitrogens with zero attached hydrogens (tertiary/aromatic N) is 3. The van der Waals surface area contributed by atoms with Crippen LogP contribution in [-0.4, -0.2) is 48.6 Å². The molecule has 0 aromatic carbocycles. The summed E-state index contributed by atoms with van der Waals surface area (Å²) in [5.41, 5.74) is 0. The number of aryl methyl sites for hydroxylation is 1. The molecule has 0 radical (unpaired) electrons. The van der Waals surface area contributed by atoms with Crippen molar-refractivity contribution in [2.75, 3.05) is 32.7 Å². The van der Waals surface area contributed by atoms with Crippen molar-refractivity contribution in [3.63, 3.8) is 0 Å². The summed E-state index contributed by atoms with van der Waals surface area (Å²) in [4.78, 5) is 13.1. The van der Waals surface area contributed by atoms with Crippen molar-refractivity contribution in [3.8, 4) is 0 Å². The van der Waals surface area contributed by atoms with Crippen molar-refractivity contribution in [2.45, 2.75) is 59.4 Å². The predicted octanol–water partition coefficient (Wildman–Crippen LogP) is 3.89. The molecule has 1 unspecified atom stereocenters. The molecule has 26 heavy (non-hydrogen) atoms. The Morgan fingerprint density at radius 2 is 2.19 bits per heavy atom. The molecular weight excluding hydrogens is 457 g/mol. The molecule has 2 N–H and O–H groups in total. The van der Waals surface area contributed by atoms with Crippen molar-refractivity contribution >= 4 is 41.3 Å². The molecule has 1 aliphatic heterocycles. The van der Waals surface area contributed by atoms with Crippen LogP contribution in [0, 0.1) is 5.92 Å². The van der Waals surface area contributed by atoms with Crippen LogP contribution >= 0.6 is 35.3 Å². The van der Waals surface area contributed by atoms with Crippen LogP contribution in [0.15, 0.2) is 11.2 Å². The number of hydrogen-bond donors (Lipinski definition) is 2. The fraction of sp³-hybridized carbons (Fsp3) is 0.789. The number of aliphatic imine (C=N–C) groups is 1.